The fraction of sp³-hybridized carbons (Fsp3) is 0.385. The molecule has 1 aliphatic rings. The molecule has 1 N–H and O–H groups in total. The summed E-state index contributed by atoms with van der Waals surface area (Å²) in [7, 11) is 0. The molecule has 2 aromatic rings. The Hall–Kier alpha value is -2.25. The van der Waals surface area contributed by atoms with E-state index in [1.54, 1.807) is 4.90 Å². The molecule has 1 fully saturated rings. The van der Waals surface area contributed by atoms with Crippen molar-refractivity contribution in [2.45, 2.75) is 19.0 Å². The highest BCUT2D eigenvalue weighted by molar-refractivity contribution is 5.66. The Morgan fingerprint density at radius 1 is 1.14 bits per heavy atom. The highest BCUT2D eigenvalue weighted by Crippen LogP contribution is 2.39. The van der Waals surface area contributed by atoms with Gasteiger partial charge in [-0.15, -0.1) is 5.10 Å². The Morgan fingerprint density at radius 2 is 1.86 bits per heavy atom. The van der Waals surface area contributed by atoms with Crippen molar-refractivity contribution in [1.29, 1.82) is 0 Å². The molecule has 112 valence electrons. The third kappa shape index (κ3) is 2.65. The minimum atomic E-state index is -4.42. The fourth-order valence-corrected chi connectivity index (χ4v) is 2.46. The third-order valence-corrected chi connectivity index (χ3v) is 3.41. The van der Waals surface area contributed by atoms with Crippen LogP contribution in [-0.4, -0.2) is 28.4 Å². The summed E-state index contributed by atoms with van der Waals surface area (Å²) in [5.74, 6) is -0.0123. The lowest BCUT2D eigenvalue weighted by molar-refractivity contribution is -0.137. The number of aromatic nitrogens is 2. The van der Waals surface area contributed by atoms with Gasteiger partial charge in [0.2, 0.25) is 0 Å². The standard InChI is InChI=1S/C13H12F3N3O2/c14-13(15,16)9-4-3-8(11-17-18-12(20)21-11)7-10(9)19-5-1-2-6-19/h3-4,7H,1-2,5-6H2,(H,18,20). The minimum absolute atomic E-state index is 0.0123. The zero-order valence-electron chi connectivity index (χ0n) is 10.9. The van der Waals surface area contributed by atoms with Crippen molar-refractivity contribution < 1.29 is 22.7 Å². The fourth-order valence-electron chi connectivity index (χ4n) is 2.46. The molecule has 0 unspecified atom stereocenters. The summed E-state index contributed by atoms with van der Waals surface area (Å²) in [6, 6.07) is 3.64. The molecule has 0 radical (unpaired) electrons. The second-order valence-corrected chi connectivity index (χ2v) is 4.81. The number of rotatable bonds is 2. The average molecular weight is 299 g/mol. The van der Waals surface area contributed by atoms with Gasteiger partial charge in [0, 0.05) is 24.3 Å². The number of aromatic hydroxyl groups is 1. The van der Waals surface area contributed by atoms with Crippen LogP contribution in [0.1, 0.15) is 18.4 Å². The molecule has 1 aliphatic heterocycles. The third-order valence-electron chi connectivity index (χ3n) is 3.41. The van der Waals surface area contributed by atoms with Gasteiger partial charge in [-0.05, 0) is 31.0 Å². The van der Waals surface area contributed by atoms with Crippen molar-refractivity contribution in [3.8, 4) is 17.5 Å². The smallest absolute Gasteiger partial charge is 0.418 e. The van der Waals surface area contributed by atoms with Crippen molar-refractivity contribution >= 4 is 5.69 Å². The van der Waals surface area contributed by atoms with Gasteiger partial charge in [0.25, 0.3) is 5.89 Å². The van der Waals surface area contributed by atoms with Crippen molar-refractivity contribution in [2.24, 2.45) is 0 Å². The summed E-state index contributed by atoms with van der Waals surface area (Å²) in [5, 5.41) is 15.9. The molecule has 3 rings (SSSR count). The van der Waals surface area contributed by atoms with Gasteiger partial charge in [0.1, 0.15) is 0 Å². The maximum atomic E-state index is 13.1. The summed E-state index contributed by atoms with van der Waals surface area (Å²) in [6.07, 6.45) is -3.31. The monoisotopic (exact) mass is 299 g/mol. The number of anilines is 1. The molecule has 0 amide bonds. The molecule has 0 spiro atoms. The molecule has 5 nitrogen and oxygen atoms in total. The molecule has 1 saturated heterocycles. The van der Waals surface area contributed by atoms with Gasteiger partial charge in [-0.3, -0.25) is 0 Å². The van der Waals surface area contributed by atoms with Crippen LogP contribution in [0.5, 0.6) is 6.08 Å². The molecule has 2 heterocycles. The molecular weight excluding hydrogens is 287 g/mol. The predicted molar refractivity (Wildman–Crippen MR) is 67.8 cm³/mol. The number of hydrogen-bond donors (Lipinski definition) is 1. The molecule has 0 atom stereocenters. The second kappa shape index (κ2) is 4.94. The first kappa shape index (κ1) is 13.7. The molecule has 0 saturated carbocycles. The normalized spacial score (nSPS) is 15.7. The van der Waals surface area contributed by atoms with E-state index in [-0.39, 0.29) is 11.6 Å². The van der Waals surface area contributed by atoms with Crippen LogP contribution in [0.3, 0.4) is 0 Å². The molecule has 1 aromatic heterocycles. The van der Waals surface area contributed by atoms with Gasteiger partial charge >= 0.3 is 12.3 Å². The van der Waals surface area contributed by atoms with Gasteiger partial charge in [-0.25, -0.2) is 0 Å². The predicted octanol–water partition coefficient (Wildman–Crippen LogP) is 3.06. The summed E-state index contributed by atoms with van der Waals surface area (Å²) >= 11 is 0. The van der Waals surface area contributed by atoms with E-state index in [0.717, 1.165) is 18.9 Å². The number of benzene rings is 1. The Morgan fingerprint density at radius 3 is 2.43 bits per heavy atom. The van der Waals surface area contributed by atoms with Crippen LogP contribution in [-0.2, 0) is 6.18 Å². The summed E-state index contributed by atoms with van der Waals surface area (Å²) in [6.45, 7) is 1.17. The Balaban J connectivity index is 2.07. The highest BCUT2D eigenvalue weighted by atomic mass is 19.4. The zero-order chi connectivity index (χ0) is 15.0. The van der Waals surface area contributed by atoms with E-state index < -0.39 is 17.8 Å². The van der Waals surface area contributed by atoms with E-state index >= 15 is 0 Å². The van der Waals surface area contributed by atoms with Crippen LogP contribution in [0, 0.1) is 0 Å². The van der Waals surface area contributed by atoms with E-state index in [0.29, 0.717) is 18.7 Å². The Bertz CT molecular complexity index is 648. The van der Waals surface area contributed by atoms with Gasteiger partial charge in [-0.2, -0.15) is 13.2 Å². The first-order valence-corrected chi connectivity index (χ1v) is 6.44. The zero-order valence-corrected chi connectivity index (χ0v) is 10.9. The molecule has 0 aliphatic carbocycles. The molecule has 1 aromatic carbocycles. The van der Waals surface area contributed by atoms with Crippen molar-refractivity contribution in [2.75, 3.05) is 18.0 Å². The maximum Gasteiger partial charge on any atom is 0.418 e. The van der Waals surface area contributed by atoms with Gasteiger partial charge in [0.15, 0.2) is 0 Å². The van der Waals surface area contributed by atoms with E-state index in [1.807, 2.05) is 0 Å². The number of nitrogens with zero attached hydrogens (tertiary/aromatic N) is 3. The SMILES string of the molecule is Oc1nnc(-c2ccc(C(F)(F)F)c(N3CCCC3)c2)o1. The van der Waals surface area contributed by atoms with Crippen LogP contribution in [0.15, 0.2) is 22.6 Å². The van der Waals surface area contributed by atoms with E-state index in [2.05, 4.69) is 10.2 Å². The molecule has 21 heavy (non-hydrogen) atoms. The summed E-state index contributed by atoms with van der Waals surface area (Å²) in [4.78, 5) is 1.70. The lowest BCUT2D eigenvalue weighted by atomic mass is 10.1. The van der Waals surface area contributed by atoms with E-state index in [1.165, 1.54) is 12.1 Å². The molecular formula is C13H12F3N3O2. The summed E-state index contributed by atoms with van der Waals surface area (Å²) in [5.41, 5.74) is -0.232. The van der Waals surface area contributed by atoms with Crippen LogP contribution in [0.2, 0.25) is 0 Å². The Kier molecular flexibility index (Phi) is 3.23. The first-order valence-electron chi connectivity index (χ1n) is 6.44. The largest absolute Gasteiger partial charge is 0.465 e. The highest BCUT2D eigenvalue weighted by Gasteiger charge is 2.35. The number of alkyl halides is 3. The number of hydrogen-bond acceptors (Lipinski definition) is 5. The van der Waals surface area contributed by atoms with E-state index in [4.69, 9.17) is 9.52 Å². The maximum absolute atomic E-state index is 13.1. The summed E-state index contributed by atoms with van der Waals surface area (Å²) < 4.78 is 44.2. The van der Waals surface area contributed by atoms with Gasteiger partial charge in [-0.1, -0.05) is 5.10 Å². The topological polar surface area (TPSA) is 62.4 Å². The lowest BCUT2D eigenvalue weighted by Crippen LogP contribution is -2.22. The average Bonchev–Trinajstić information content (AvgIpc) is 3.08. The number of halogens is 3. The minimum Gasteiger partial charge on any atom is -0.465 e. The molecule has 0 bridgehead atoms. The van der Waals surface area contributed by atoms with Crippen LogP contribution in [0.25, 0.3) is 11.5 Å². The van der Waals surface area contributed by atoms with E-state index in [9.17, 15) is 13.2 Å². The van der Waals surface area contributed by atoms with Crippen molar-refractivity contribution in [3.63, 3.8) is 0 Å². The van der Waals surface area contributed by atoms with Gasteiger partial charge in [0.05, 0.1) is 5.56 Å². The van der Waals surface area contributed by atoms with Crippen LogP contribution >= 0.6 is 0 Å². The van der Waals surface area contributed by atoms with Gasteiger partial charge < -0.3 is 14.4 Å². The Labute approximate surface area is 118 Å². The first-order chi connectivity index (χ1) is 9.95. The van der Waals surface area contributed by atoms with Crippen LogP contribution < -0.4 is 4.90 Å². The van der Waals surface area contributed by atoms with Crippen LogP contribution in [0.4, 0.5) is 18.9 Å². The molecule has 8 heteroatoms. The van der Waals surface area contributed by atoms with Crippen molar-refractivity contribution in [1.82, 2.24) is 10.2 Å². The quantitative estimate of drug-likeness (QED) is 0.923. The lowest BCUT2D eigenvalue weighted by Gasteiger charge is -2.23. The van der Waals surface area contributed by atoms with Crippen molar-refractivity contribution in [3.05, 3.63) is 23.8 Å². The second-order valence-electron chi connectivity index (χ2n) is 4.81.